The second-order valence-electron chi connectivity index (χ2n) is 7.12. The van der Waals surface area contributed by atoms with Gasteiger partial charge in [-0.05, 0) is 57.4 Å². The van der Waals surface area contributed by atoms with Crippen LogP contribution in [0.15, 0.2) is 93.6 Å². The largest absolute Gasteiger partial charge is 0.314 e. The zero-order valence-corrected chi connectivity index (χ0v) is 20.6. The highest BCUT2D eigenvalue weighted by Gasteiger charge is 2.13. The summed E-state index contributed by atoms with van der Waals surface area (Å²) in [5.74, 6) is -0.0113. The first-order valence-electron chi connectivity index (χ1n) is 10.1. The van der Waals surface area contributed by atoms with Crippen LogP contribution in [0.1, 0.15) is 11.1 Å². The molecule has 33 heavy (non-hydrogen) atoms. The van der Waals surface area contributed by atoms with Gasteiger partial charge in [-0.3, -0.25) is 4.79 Å². The molecule has 5 nitrogen and oxygen atoms in total. The lowest BCUT2D eigenvalue weighted by atomic mass is 10.2. The molecule has 0 aliphatic rings. The number of amides is 1. The van der Waals surface area contributed by atoms with Gasteiger partial charge in [0.05, 0.1) is 29.5 Å². The lowest BCUT2D eigenvalue weighted by Gasteiger charge is -2.09. The van der Waals surface area contributed by atoms with Crippen LogP contribution in [0.4, 0.5) is 0 Å². The van der Waals surface area contributed by atoms with Crippen molar-refractivity contribution in [2.24, 2.45) is 5.10 Å². The highest BCUT2D eigenvalue weighted by Crippen LogP contribution is 2.25. The number of rotatable bonds is 8. The van der Waals surface area contributed by atoms with Gasteiger partial charge in [0.15, 0.2) is 5.16 Å². The zero-order chi connectivity index (χ0) is 23.0. The number of carbonyl (C=O) groups excluding carboxylic acids is 1. The molecule has 0 radical (unpaired) electrons. The molecule has 1 aromatic heterocycles. The summed E-state index contributed by atoms with van der Waals surface area (Å²) in [5.41, 5.74) is 6.62. The topological polar surface area (TPSA) is 59.3 Å². The van der Waals surface area contributed by atoms with Gasteiger partial charge < -0.3 is 4.57 Å². The molecular weight excluding hydrogens is 520 g/mol. The van der Waals surface area contributed by atoms with Crippen LogP contribution in [-0.2, 0) is 11.3 Å². The third-order valence-electron chi connectivity index (χ3n) is 4.69. The summed E-state index contributed by atoms with van der Waals surface area (Å²) in [6.45, 7) is 0.636. The van der Waals surface area contributed by atoms with E-state index >= 15 is 0 Å². The van der Waals surface area contributed by atoms with Crippen LogP contribution in [0.25, 0.3) is 17.1 Å². The fraction of sp³-hybridized carbons (Fsp3) is 0.0800. The molecule has 0 unspecified atom stereocenters. The van der Waals surface area contributed by atoms with Gasteiger partial charge in [-0.25, -0.2) is 10.4 Å². The van der Waals surface area contributed by atoms with E-state index in [2.05, 4.69) is 31.0 Å². The molecule has 166 valence electrons. The number of hydrazone groups is 1. The number of nitrogens with zero attached hydrogens (tertiary/aromatic N) is 3. The first-order valence-corrected chi connectivity index (χ1v) is 12.3. The van der Waals surface area contributed by atoms with Gasteiger partial charge in [-0.15, -0.1) is 0 Å². The maximum atomic E-state index is 12.3. The Hall–Kier alpha value is -2.87. The van der Waals surface area contributed by atoms with Gasteiger partial charge in [-0.2, -0.15) is 5.10 Å². The summed E-state index contributed by atoms with van der Waals surface area (Å²) in [6, 6.07) is 25.5. The summed E-state index contributed by atoms with van der Waals surface area (Å²) in [7, 11) is 0. The summed E-state index contributed by atoms with van der Waals surface area (Å²) in [6.07, 6.45) is 3.48. The molecule has 0 spiro atoms. The third kappa shape index (κ3) is 6.57. The van der Waals surface area contributed by atoms with E-state index < -0.39 is 0 Å². The summed E-state index contributed by atoms with van der Waals surface area (Å²) in [4.78, 5) is 17.1. The minimum atomic E-state index is -0.207. The molecule has 8 heteroatoms. The van der Waals surface area contributed by atoms with E-state index in [0.29, 0.717) is 11.6 Å². The van der Waals surface area contributed by atoms with E-state index in [-0.39, 0.29) is 11.7 Å². The van der Waals surface area contributed by atoms with Crippen molar-refractivity contribution in [3.63, 3.8) is 0 Å². The highest BCUT2D eigenvalue weighted by atomic mass is 79.9. The third-order valence-corrected chi connectivity index (χ3v) is 6.35. The number of halogens is 2. The number of aromatic nitrogens is 2. The lowest BCUT2D eigenvalue weighted by Crippen LogP contribution is -2.20. The van der Waals surface area contributed by atoms with Crippen molar-refractivity contribution >= 4 is 68.5 Å². The van der Waals surface area contributed by atoms with Crippen molar-refractivity contribution in [1.82, 2.24) is 15.0 Å². The zero-order valence-electron chi connectivity index (χ0n) is 17.5. The Morgan fingerprint density at radius 3 is 2.58 bits per heavy atom. The standard InChI is InChI=1S/C25H20BrClN4OS/c26-20(14-18-6-2-1-3-7-18)15-28-30-24(32)17-33-25-29-22-8-4-5-9-23(22)31(25)16-19-10-12-21(27)13-11-19/h1-15H,16-17H2,(H,30,32). The molecule has 0 aliphatic carbocycles. The van der Waals surface area contributed by atoms with Gasteiger partial charge in [0.1, 0.15) is 0 Å². The minimum absolute atomic E-state index is 0.196. The van der Waals surface area contributed by atoms with Crippen LogP contribution in [0, 0.1) is 0 Å². The number of thioether (sulfide) groups is 1. The van der Waals surface area contributed by atoms with Crippen LogP contribution in [0.3, 0.4) is 0 Å². The number of hydrogen-bond acceptors (Lipinski definition) is 4. The Kier molecular flexibility index (Phi) is 7.99. The van der Waals surface area contributed by atoms with Crippen LogP contribution in [0.5, 0.6) is 0 Å². The van der Waals surface area contributed by atoms with Crippen molar-refractivity contribution in [2.45, 2.75) is 11.7 Å². The second-order valence-corrected chi connectivity index (χ2v) is 9.41. The molecular formula is C25H20BrClN4OS. The van der Waals surface area contributed by atoms with Crippen molar-refractivity contribution in [2.75, 3.05) is 5.75 Å². The molecule has 4 aromatic rings. The predicted molar refractivity (Wildman–Crippen MR) is 141 cm³/mol. The molecule has 1 amide bonds. The van der Waals surface area contributed by atoms with Gasteiger partial charge in [0, 0.05) is 9.51 Å². The highest BCUT2D eigenvalue weighted by molar-refractivity contribution is 9.12. The van der Waals surface area contributed by atoms with E-state index in [1.54, 1.807) is 6.21 Å². The monoisotopic (exact) mass is 538 g/mol. The van der Waals surface area contributed by atoms with E-state index in [4.69, 9.17) is 16.6 Å². The summed E-state index contributed by atoms with van der Waals surface area (Å²) < 4.78 is 2.87. The van der Waals surface area contributed by atoms with Crippen molar-refractivity contribution in [1.29, 1.82) is 0 Å². The number of para-hydroxylation sites is 2. The van der Waals surface area contributed by atoms with Gasteiger partial charge in [-0.1, -0.05) is 78.0 Å². The first kappa shape index (κ1) is 23.3. The normalized spacial score (nSPS) is 11.9. The molecule has 0 saturated heterocycles. The number of imidazole rings is 1. The summed E-state index contributed by atoms with van der Waals surface area (Å²) >= 11 is 10.8. The van der Waals surface area contributed by atoms with Crippen LogP contribution < -0.4 is 5.43 Å². The number of hydrogen-bond donors (Lipinski definition) is 1. The van der Waals surface area contributed by atoms with E-state index in [0.717, 1.165) is 31.8 Å². The van der Waals surface area contributed by atoms with E-state index in [1.165, 1.54) is 11.8 Å². The smallest absolute Gasteiger partial charge is 0.250 e. The number of benzene rings is 3. The quantitative estimate of drug-likeness (QED) is 0.161. The molecule has 1 heterocycles. The maximum absolute atomic E-state index is 12.3. The Morgan fingerprint density at radius 2 is 1.79 bits per heavy atom. The van der Waals surface area contributed by atoms with Gasteiger partial charge in [0.2, 0.25) is 0 Å². The Labute approximate surface area is 209 Å². The molecule has 0 bridgehead atoms. The average molecular weight is 540 g/mol. The Morgan fingerprint density at radius 1 is 1.06 bits per heavy atom. The Bertz CT molecular complexity index is 1300. The average Bonchev–Trinajstić information content (AvgIpc) is 3.17. The lowest BCUT2D eigenvalue weighted by molar-refractivity contribution is -0.118. The van der Waals surface area contributed by atoms with Gasteiger partial charge in [0.25, 0.3) is 5.91 Å². The van der Waals surface area contributed by atoms with Crippen molar-refractivity contribution in [3.8, 4) is 0 Å². The number of fused-ring (bicyclic) bond motifs is 1. The summed E-state index contributed by atoms with van der Waals surface area (Å²) in [5, 5.41) is 5.50. The molecule has 0 saturated carbocycles. The fourth-order valence-electron chi connectivity index (χ4n) is 3.16. The van der Waals surface area contributed by atoms with E-state index in [9.17, 15) is 4.79 Å². The number of nitrogens with one attached hydrogen (secondary N) is 1. The van der Waals surface area contributed by atoms with E-state index in [1.807, 2.05) is 84.9 Å². The van der Waals surface area contributed by atoms with Crippen molar-refractivity contribution in [3.05, 3.63) is 99.5 Å². The predicted octanol–water partition coefficient (Wildman–Crippen LogP) is 6.37. The molecule has 3 aromatic carbocycles. The van der Waals surface area contributed by atoms with Gasteiger partial charge >= 0.3 is 0 Å². The van der Waals surface area contributed by atoms with Crippen LogP contribution in [0.2, 0.25) is 5.02 Å². The molecule has 0 fully saturated rings. The minimum Gasteiger partial charge on any atom is -0.314 e. The fourth-order valence-corrected chi connectivity index (χ4v) is 4.46. The Balaban J connectivity index is 1.40. The second kappa shape index (κ2) is 11.3. The SMILES string of the molecule is O=C(CSc1nc2ccccc2n1Cc1ccc(Cl)cc1)NN=CC(Br)=Cc1ccccc1. The first-order chi connectivity index (χ1) is 16.1. The molecule has 4 rings (SSSR count). The molecule has 0 atom stereocenters. The molecule has 1 N–H and O–H groups in total. The number of allylic oxidation sites excluding steroid dienone is 1. The van der Waals surface area contributed by atoms with Crippen LogP contribution >= 0.6 is 39.3 Å². The number of carbonyl (C=O) groups is 1. The molecule has 0 aliphatic heterocycles. The maximum Gasteiger partial charge on any atom is 0.250 e. The van der Waals surface area contributed by atoms with Crippen molar-refractivity contribution < 1.29 is 4.79 Å². The van der Waals surface area contributed by atoms with Crippen LogP contribution in [-0.4, -0.2) is 27.4 Å².